The van der Waals surface area contributed by atoms with Crippen LogP contribution in [0.5, 0.6) is 0 Å². The van der Waals surface area contributed by atoms with Crippen molar-refractivity contribution >= 4 is 11.8 Å². The Hall–Kier alpha value is -1.71. The third kappa shape index (κ3) is 3.40. The smallest absolute Gasteiger partial charge is 0.410 e. The lowest BCUT2D eigenvalue weighted by molar-refractivity contribution is 0.0245. The number of amides is 1. The van der Waals surface area contributed by atoms with Crippen molar-refractivity contribution in [2.45, 2.75) is 39.8 Å². The number of benzene rings is 1. The van der Waals surface area contributed by atoms with Crippen LogP contribution in [0.25, 0.3) is 0 Å². The van der Waals surface area contributed by atoms with Crippen LogP contribution in [0.4, 0.5) is 10.5 Å². The molecule has 0 saturated heterocycles. The quantitative estimate of drug-likeness (QED) is 0.781. The second kappa shape index (κ2) is 5.11. The fourth-order valence-electron chi connectivity index (χ4n) is 2.16. The molecule has 1 aliphatic heterocycles. The van der Waals surface area contributed by atoms with Gasteiger partial charge in [0.1, 0.15) is 5.60 Å². The Morgan fingerprint density at radius 3 is 2.79 bits per heavy atom. The second-order valence-corrected chi connectivity index (χ2v) is 5.93. The van der Waals surface area contributed by atoms with E-state index in [0.717, 1.165) is 12.2 Å². The lowest BCUT2D eigenvalue weighted by Crippen LogP contribution is -2.37. The predicted molar refractivity (Wildman–Crippen MR) is 76.3 cm³/mol. The molecule has 0 saturated carbocycles. The Morgan fingerprint density at radius 2 is 2.11 bits per heavy atom. The number of fused-ring (bicyclic) bond motifs is 1. The van der Waals surface area contributed by atoms with Crippen LogP contribution < -0.4 is 5.32 Å². The van der Waals surface area contributed by atoms with E-state index in [1.807, 2.05) is 26.8 Å². The molecule has 0 bridgehead atoms. The first kappa shape index (κ1) is 13.7. The zero-order valence-electron chi connectivity index (χ0n) is 12.1. The molecule has 2 rings (SSSR count). The first-order chi connectivity index (χ1) is 8.87. The van der Waals surface area contributed by atoms with Gasteiger partial charge in [0, 0.05) is 18.8 Å². The first-order valence-electron chi connectivity index (χ1n) is 6.67. The van der Waals surface area contributed by atoms with Gasteiger partial charge in [-0.1, -0.05) is 12.1 Å². The largest absolute Gasteiger partial charge is 0.444 e. The van der Waals surface area contributed by atoms with E-state index >= 15 is 0 Å². The van der Waals surface area contributed by atoms with Crippen molar-refractivity contribution < 1.29 is 9.53 Å². The fourth-order valence-corrected chi connectivity index (χ4v) is 2.16. The molecule has 0 unspecified atom stereocenters. The zero-order valence-corrected chi connectivity index (χ0v) is 12.1. The summed E-state index contributed by atoms with van der Waals surface area (Å²) in [6.07, 6.45) is -0.245. The van der Waals surface area contributed by atoms with Crippen molar-refractivity contribution in [3.8, 4) is 0 Å². The molecule has 0 spiro atoms. The molecule has 0 aliphatic carbocycles. The van der Waals surface area contributed by atoms with Crippen LogP contribution in [0, 0.1) is 6.92 Å². The van der Waals surface area contributed by atoms with Gasteiger partial charge in [-0.25, -0.2) is 4.79 Å². The molecule has 1 aliphatic rings. The van der Waals surface area contributed by atoms with E-state index < -0.39 is 5.60 Å². The molecule has 0 atom stereocenters. The number of hydrogen-bond acceptors (Lipinski definition) is 3. The number of anilines is 1. The molecule has 1 amide bonds. The minimum absolute atomic E-state index is 0.245. The highest BCUT2D eigenvalue weighted by Gasteiger charge is 2.24. The van der Waals surface area contributed by atoms with E-state index in [4.69, 9.17) is 4.74 Å². The van der Waals surface area contributed by atoms with Crippen molar-refractivity contribution in [1.82, 2.24) is 4.90 Å². The van der Waals surface area contributed by atoms with Gasteiger partial charge in [0.15, 0.2) is 0 Å². The third-order valence-corrected chi connectivity index (χ3v) is 3.11. The van der Waals surface area contributed by atoms with Gasteiger partial charge in [0.05, 0.1) is 6.54 Å². The Balaban J connectivity index is 2.18. The summed E-state index contributed by atoms with van der Waals surface area (Å²) < 4.78 is 5.45. The minimum atomic E-state index is -0.453. The van der Waals surface area contributed by atoms with Gasteiger partial charge in [-0.2, -0.15) is 0 Å². The number of nitrogens with one attached hydrogen (secondary N) is 1. The summed E-state index contributed by atoms with van der Waals surface area (Å²) in [5, 5.41) is 3.36. The zero-order chi connectivity index (χ0) is 14.0. The summed E-state index contributed by atoms with van der Waals surface area (Å²) in [6, 6.07) is 6.16. The Labute approximate surface area is 114 Å². The molecule has 1 aromatic rings. The number of nitrogens with zero attached hydrogens (tertiary/aromatic N) is 1. The molecule has 4 nitrogen and oxygen atoms in total. The van der Waals surface area contributed by atoms with E-state index in [2.05, 4.69) is 24.4 Å². The fraction of sp³-hybridized carbons (Fsp3) is 0.533. The van der Waals surface area contributed by atoms with Crippen LogP contribution in [-0.4, -0.2) is 29.7 Å². The summed E-state index contributed by atoms with van der Waals surface area (Å²) in [7, 11) is 0. The number of carbonyl (C=O) groups is 1. The maximum absolute atomic E-state index is 12.2. The summed E-state index contributed by atoms with van der Waals surface area (Å²) in [5.74, 6) is 0. The standard InChI is InChI=1S/C15H22N2O2/c1-11-6-5-7-13-12(11)10-17(9-8-16-13)14(18)19-15(2,3)4/h5-7,16H,8-10H2,1-4H3. The molecule has 104 valence electrons. The average Bonchev–Trinajstić information content (AvgIpc) is 2.50. The lowest BCUT2D eigenvalue weighted by Gasteiger charge is -2.26. The molecule has 4 heteroatoms. The van der Waals surface area contributed by atoms with E-state index in [9.17, 15) is 4.79 Å². The highest BCUT2D eigenvalue weighted by molar-refractivity contribution is 5.69. The highest BCUT2D eigenvalue weighted by Crippen LogP contribution is 2.24. The minimum Gasteiger partial charge on any atom is -0.444 e. The van der Waals surface area contributed by atoms with Crippen LogP contribution in [0.1, 0.15) is 31.9 Å². The second-order valence-electron chi connectivity index (χ2n) is 5.93. The predicted octanol–water partition coefficient (Wildman–Crippen LogP) is 3.16. The number of ether oxygens (including phenoxy) is 1. The molecular formula is C15H22N2O2. The van der Waals surface area contributed by atoms with Crippen LogP contribution in [0.15, 0.2) is 18.2 Å². The highest BCUT2D eigenvalue weighted by atomic mass is 16.6. The Kier molecular flexibility index (Phi) is 3.69. The van der Waals surface area contributed by atoms with E-state index in [-0.39, 0.29) is 6.09 Å². The van der Waals surface area contributed by atoms with E-state index in [1.165, 1.54) is 11.1 Å². The van der Waals surface area contributed by atoms with Crippen LogP contribution in [-0.2, 0) is 11.3 Å². The van der Waals surface area contributed by atoms with Crippen molar-refractivity contribution in [3.05, 3.63) is 29.3 Å². The number of hydrogen-bond donors (Lipinski definition) is 1. The first-order valence-corrected chi connectivity index (χ1v) is 6.67. The summed E-state index contributed by atoms with van der Waals surface area (Å²) in [6.45, 7) is 9.74. The maximum Gasteiger partial charge on any atom is 0.410 e. The summed E-state index contributed by atoms with van der Waals surface area (Å²) in [5.41, 5.74) is 3.03. The van der Waals surface area contributed by atoms with Crippen molar-refractivity contribution in [2.75, 3.05) is 18.4 Å². The topological polar surface area (TPSA) is 41.6 Å². The van der Waals surface area contributed by atoms with E-state index in [0.29, 0.717) is 13.1 Å². The molecule has 1 aromatic carbocycles. The average molecular weight is 262 g/mol. The summed E-state index contributed by atoms with van der Waals surface area (Å²) >= 11 is 0. The summed E-state index contributed by atoms with van der Waals surface area (Å²) in [4.78, 5) is 13.9. The van der Waals surface area contributed by atoms with Crippen LogP contribution >= 0.6 is 0 Å². The van der Waals surface area contributed by atoms with Crippen molar-refractivity contribution in [3.63, 3.8) is 0 Å². The van der Waals surface area contributed by atoms with Gasteiger partial charge in [-0.15, -0.1) is 0 Å². The molecule has 1 heterocycles. The lowest BCUT2D eigenvalue weighted by atomic mass is 10.1. The molecule has 0 radical (unpaired) electrons. The monoisotopic (exact) mass is 262 g/mol. The Bertz CT molecular complexity index is 478. The van der Waals surface area contributed by atoms with Gasteiger partial charge < -0.3 is 15.0 Å². The van der Waals surface area contributed by atoms with Crippen molar-refractivity contribution in [2.24, 2.45) is 0 Å². The van der Waals surface area contributed by atoms with Gasteiger partial charge in [-0.3, -0.25) is 0 Å². The van der Waals surface area contributed by atoms with Gasteiger partial charge in [0.2, 0.25) is 0 Å². The van der Waals surface area contributed by atoms with Gasteiger partial charge in [-0.05, 0) is 44.9 Å². The molecule has 0 fully saturated rings. The number of rotatable bonds is 0. The maximum atomic E-state index is 12.2. The SMILES string of the molecule is Cc1cccc2c1CN(C(=O)OC(C)(C)C)CCN2. The van der Waals surface area contributed by atoms with Gasteiger partial charge >= 0.3 is 6.09 Å². The van der Waals surface area contributed by atoms with Gasteiger partial charge in [0.25, 0.3) is 0 Å². The molecule has 1 N–H and O–H groups in total. The normalized spacial score (nSPS) is 15.3. The number of aryl methyl sites for hydroxylation is 1. The molecule has 0 aromatic heterocycles. The van der Waals surface area contributed by atoms with Crippen LogP contribution in [0.2, 0.25) is 0 Å². The van der Waals surface area contributed by atoms with Crippen LogP contribution in [0.3, 0.4) is 0 Å². The van der Waals surface area contributed by atoms with Crippen molar-refractivity contribution in [1.29, 1.82) is 0 Å². The van der Waals surface area contributed by atoms with E-state index in [1.54, 1.807) is 4.90 Å². The third-order valence-electron chi connectivity index (χ3n) is 3.11. The molecule has 19 heavy (non-hydrogen) atoms. The molecular weight excluding hydrogens is 240 g/mol. The number of carbonyl (C=O) groups excluding carboxylic acids is 1. The Morgan fingerprint density at radius 1 is 1.37 bits per heavy atom.